The van der Waals surface area contributed by atoms with Crippen LogP contribution in [-0.2, 0) is 4.79 Å². The van der Waals surface area contributed by atoms with Crippen molar-refractivity contribution in [1.29, 1.82) is 0 Å². The standard InChI is InChI=1S/C32H54O8/c1-16(2)29(37)20(6)25(35)13-23(34)12-22(33)10-9-17(3)27-19(5)14-32(8)15-26(36)30(38)21(7)28(32)24(27)11-18(4)31(39)40/h9,11,14,16,20-30,33-38H,10,12-13,15H2,1-8H3,(H,39,40)/b17-9+,18-11+/t20?,21-,22+,23-,24+,25-,26-,27-,28-,29-,30+,32-/m0/s1. The van der Waals surface area contributed by atoms with E-state index >= 15 is 0 Å². The summed E-state index contributed by atoms with van der Waals surface area (Å²) in [7, 11) is 0. The summed E-state index contributed by atoms with van der Waals surface area (Å²) in [6.45, 7) is 15.0. The first-order valence-corrected chi connectivity index (χ1v) is 14.8. The molecule has 1 saturated carbocycles. The predicted molar refractivity (Wildman–Crippen MR) is 155 cm³/mol. The van der Waals surface area contributed by atoms with Gasteiger partial charge in [-0.05, 0) is 75.5 Å². The number of rotatable bonds is 12. The summed E-state index contributed by atoms with van der Waals surface area (Å²) >= 11 is 0. The van der Waals surface area contributed by atoms with Gasteiger partial charge in [0.15, 0.2) is 0 Å². The third-order valence-corrected chi connectivity index (χ3v) is 9.63. The molecule has 8 heteroatoms. The van der Waals surface area contributed by atoms with Crippen LogP contribution in [0.25, 0.3) is 0 Å². The molecule has 0 amide bonds. The van der Waals surface area contributed by atoms with Gasteiger partial charge in [-0.25, -0.2) is 4.79 Å². The van der Waals surface area contributed by atoms with Crippen molar-refractivity contribution in [1.82, 2.24) is 0 Å². The van der Waals surface area contributed by atoms with Crippen molar-refractivity contribution in [3.8, 4) is 0 Å². The van der Waals surface area contributed by atoms with Crippen LogP contribution in [0.3, 0.4) is 0 Å². The van der Waals surface area contributed by atoms with Gasteiger partial charge in [0.05, 0.1) is 36.6 Å². The smallest absolute Gasteiger partial charge is 0.330 e. The van der Waals surface area contributed by atoms with Crippen molar-refractivity contribution in [3.63, 3.8) is 0 Å². The Morgan fingerprint density at radius 2 is 1.68 bits per heavy atom. The van der Waals surface area contributed by atoms with Crippen molar-refractivity contribution in [2.24, 2.45) is 40.9 Å². The molecule has 12 atom stereocenters. The largest absolute Gasteiger partial charge is 0.478 e. The first-order chi connectivity index (χ1) is 18.4. The summed E-state index contributed by atoms with van der Waals surface area (Å²) in [5.74, 6) is -2.16. The normalized spacial score (nSPS) is 35.4. The quantitative estimate of drug-likeness (QED) is 0.140. The molecular weight excluding hydrogens is 512 g/mol. The van der Waals surface area contributed by atoms with Gasteiger partial charge in [0.1, 0.15) is 0 Å². The van der Waals surface area contributed by atoms with Crippen molar-refractivity contribution in [3.05, 3.63) is 34.9 Å². The molecule has 2 aliphatic rings. The van der Waals surface area contributed by atoms with Crippen LogP contribution < -0.4 is 0 Å². The molecule has 1 unspecified atom stereocenters. The summed E-state index contributed by atoms with van der Waals surface area (Å²) in [5, 5.41) is 72.8. The van der Waals surface area contributed by atoms with Crippen molar-refractivity contribution >= 4 is 5.97 Å². The van der Waals surface area contributed by atoms with Gasteiger partial charge in [-0.2, -0.15) is 0 Å². The molecule has 0 radical (unpaired) electrons. The molecule has 230 valence electrons. The van der Waals surface area contributed by atoms with Gasteiger partial charge in [0.25, 0.3) is 0 Å². The molecule has 0 bridgehead atoms. The second kappa shape index (κ2) is 14.1. The lowest BCUT2D eigenvalue weighted by molar-refractivity contribution is -0.132. The van der Waals surface area contributed by atoms with Crippen molar-refractivity contribution in [2.75, 3.05) is 0 Å². The van der Waals surface area contributed by atoms with E-state index in [2.05, 4.69) is 13.0 Å². The summed E-state index contributed by atoms with van der Waals surface area (Å²) in [6, 6.07) is 0. The Labute approximate surface area is 240 Å². The van der Waals surface area contributed by atoms with Crippen LogP contribution in [0.2, 0.25) is 0 Å². The number of hydrogen-bond donors (Lipinski definition) is 7. The Morgan fingerprint density at radius 3 is 2.23 bits per heavy atom. The number of aliphatic hydroxyl groups is 6. The lowest BCUT2D eigenvalue weighted by Crippen LogP contribution is -2.55. The van der Waals surface area contributed by atoms with Crippen molar-refractivity contribution < 1.29 is 40.5 Å². The van der Waals surface area contributed by atoms with Crippen LogP contribution in [0.15, 0.2) is 34.9 Å². The van der Waals surface area contributed by atoms with Gasteiger partial charge in [-0.15, -0.1) is 0 Å². The summed E-state index contributed by atoms with van der Waals surface area (Å²) < 4.78 is 0. The van der Waals surface area contributed by atoms with E-state index in [0.29, 0.717) is 6.42 Å². The molecular formula is C32H54O8. The Morgan fingerprint density at radius 1 is 1.07 bits per heavy atom. The maximum Gasteiger partial charge on any atom is 0.330 e. The summed E-state index contributed by atoms with van der Waals surface area (Å²) in [4.78, 5) is 11.8. The monoisotopic (exact) mass is 566 g/mol. The molecule has 0 aromatic rings. The second-order valence-electron chi connectivity index (χ2n) is 13.4. The molecule has 40 heavy (non-hydrogen) atoms. The van der Waals surface area contributed by atoms with Crippen LogP contribution in [0.1, 0.15) is 81.1 Å². The fraction of sp³-hybridized carbons (Fsp3) is 0.781. The highest BCUT2D eigenvalue weighted by Crippen LogP contribution is 2.57. The molecule has 2 rings (SSSR count). The van der Waals surface area contributed by atoms with E-state index in [1.165, 1.54) is 0 Å². The van der Waals surface area contributed by atoms with Gasteiger partial charge in [0, 0.05) is 17.4 Å². The minimum absolute atomic E-state index is 0.0152. The first-order valence-electron chi connectivity index (χ1n) is 14.8. The lowest BCUT2D eigenvalue weighted by Gasteiger charge is -2.55. The molecule has 0 aliphatic heterocycles. The highest BCUT2D eigenvalue weighted by molar-refractivity contribution is 5.85. The molecule has 1 fully saturated rings. The Balaban J connectivity index is 2.25. The fourth-order valence-corrected chi connectivity index (χ4v) is 7.44. The van der Waals surface area contributed by atoms with E-state index in [9.17, 15) is 40.5 Å². The number of allylic oxidation sites excluding steroid dienone is 4. The third kappa shape index (κ3) is 8.05. The molecule has 8 nitrogen and oxygen atoms in total. The molecule has 0 aromatic heterocycles. The average molecular weight is 567 g/mol. The highest BCUT2D eigenvalue weighted by Gasteiger charge is 2.54. The number of hydrogen-bond acceptors (Lipinski definition) is 7. The van der Waals surface area contributed by atoms with Gasteiger partial charge < -0.3 is 35.7 Å². The van der Waals surface area contributed by atoms with E-state index in [1.54, 1.807) is 19.9 Å². The number of carboxylic acid groups (broad SMARTS) is 1. The SMILES string of the molecule is CC1=C[C@@]2(C)C[C@H](O)[C@H](O)[C@@H](C)[C@H]2[C@H](/C=C(\C)C(=O)O)[C@H]1/C(C)=C/C[C@@H](O)C[C@H](O)C[C@H](O)C(C)[C@@H](O)C(C)C. The van der Waals surface area contributed by atoms with Gasteiger partial charge in [-0.3, -0.25) is 0 Å². The van der Waals surface area contributed by atoms with Gasteiger partial charge >= 0.3 is 5.97 Å². The average Bonchev–Trinajstić information content (AvgIpc) is 2.84. The first kappa shape index (κ1) is 34.7. The predicted octanol–water partition coefficient (Wildman–Crippen LogP) is 3.45. The van der Waals surface area contributed by atoms with E-state index < -0.39 is 53.9 Å². The zero-order valence-corrected chi connectivity index (χ0v) is 25.5. The summed E-state index contributed by atoms with van der Waals surface area (Å²) in [6.07, 6.45) is 1.58. The van der Waals surface area contributed by atoms with Crippen LogP contribution in [-0.4, -0.2) is 78.3 Å². The molecule has 0 aromatic carbocycles. The highest BCUT2D eigenvalue weighted by atomic mass is 16.4. The van der Waals surface area contributed by atoms with E-state index in [1.807, 2.05) is 40.7 Å². The minimum atomic E-state index is -1.000. The second-order valence-corrected chi connectivity index (χ2v) is 13.4. The molecule has 7 N–H and O–H groups in total. The molecule has 0 spiro atoms. The van der Waals surface area contributed by atoms with E-state index in [4.69, 9.17) is 0 Å². The third-order valence-electron chi connectivity index (χ3n) is 9.63. The Bertz CT molecular complexity index is 955. The maximum atomic E-state index is 11.8. The molecule has 0 saturated heterocycles. The van der Waals surface area contributed by atoms with E-state index in [0.717, 1.165) is 11.1 Å². The number of aliphatic hydroxyl groups excluding tert-OH is 6. The Hall–Kier alpha value is -1.55. The topological polar surface area (TPSA) is 159 Å². The van der Waals surface area contributed by atoms with Crippen molar-refractivity contribution in [2.45, 2.75) is 118 Å². The van der Waals surface area contributed by atoms with E-state index in [-0.39, 0.29) is 54.4 Å². The van der Waals surface area contributed by atoms with Gasteiger partial charge in [-0.1, -0.05) is 64.0 Å². The lowest BCUT2D eigenvalue weighted by atomic mass is 9.50. The zero-order valence-electron chi connectivity index (χ0n) is 25.5. The maximum absolute atomic E-state index is 11.8. The minimum Gasteiger partial charge on any atom is -0.478 e. The summed E-state index contributed by atoms with van der Waals surface area (Å²) in [5.41, 5.74) is 1.83. The zero-order chi connectivity index (χ0) is 30.7. The number of carbonyl (C=O) groups is 1. The fourth-order valence-electron chi connectivity index (χ4n) is 7.44. The van der Waals surface area contributed by atoms with Crippen LogP contribution in [0, 0.1) is 40.9 Å². The number of aliphatic carboxylic acids is 1. The number of fused-ring (bicyclic) bond motifs is 1. The van der Waals surface area contributed by atoms with Crippen LogP contribution >= 0.6 is 0 Å². The number of carboxylic acids is 1. The van der Waals surface area contributed by atoms with Gasteiger partial charge in [0.2, 0.25) is 0 Å². The molecule has 0 heterocycles. The van der Waals surface area contributed by atoms with Crippen LogP contribution in [0.4, 0.5) is 0 Å². The van der Waals surface area contributed by atoms with Crippen LogP contribution in [0.5, 0.6) is 0 Å². The molecule has 2 aliphatic carbocycles. The Kier molecular flexibility index (Phi) is 12.2.